The zero-order valence-corrected chi connectivity index (χ0v) is 11.1. The molecule has 0 spiro atoms. The fourth-order valence-electron chi connectivity index (χ4n) is 1.55. The fourth-order valence-corrected chi connectivity index (χ4v) is 2.18. The van der Waals surface area contributed by atoms with Gasteiger partial charge >= 0.3 is 0 Å². The third-order valence-corrected chi connectivity index (χ3v) is 3.15. The van der Waals surface area contributed by atoms with Crippen LogP contribution in [0.15, 0.2) is 42.7 Å². The highest BCUT2D eigenvalue weighted by atomic mass is 35.5. The Morgan fingerprint density at radius 2 is 2.11 bits per heavy atom. The minimum Gasteiger partial charge on any atom is -0.264 e. The summed E-state index contributed by atoms with van der Waals surface area (Å²) in [5.41, 5.74) is 1.23. The molecule has 0 unspecified atom stereocenters. The second-order valence-corrected chi connectivity index (χ2v) is 4.45. The van der Waals surface area contributed by atoms with E-state index >= 15 is 0 Å². The van der Waals surface area contributed by atoms with E-state index in [0.29, 0.717) is 11.1 Å². The summed E-state index contributed by atoms with van der Waals surface area (Å²) in [4.78, 5) is 3.93. The molecule has 0 aliphatic rings. The van der Waals surface area contributed by atoms with E-state index in [9.17, 15) is 9.65 Å². The summed E-state index contributed by atoms with van der Waals surface area (Å²) in [6.07, 6.45) is 3.12. The summed E-state index contributed by atoms with van der Waals surface area (Å²) in [6.45, 7) is 0. The lowest BCUT2D eigenvalue weighted by Gasteiger charge is -2.06. The van der Waals surface area contributed by atoms with Crippen LogP contribution in [0.5, 0.6) is 0 Å². The number of benzene rings is 1. The van der Waals surface area contributed by atoms with Crippen molar-refractivity contribution in [3.8, 4) is 6.07 Å². The second-order valence-electron chi connectivity index (χ2n) is 3.67. The number of aromatic nitrogens is 1. The van der Waals surface area contributed by atoms with Crippen molar-refractivity contribution in [2.45, 2.75) is 0 Å². The van der Waals surface area contributed by atoms with E-state index in [2.05, 4.69) is 4.98 Å². The molecule has 0 saturated heterocycles. The number of hydrogen-bond donors (Lipinski definition) is 0. The maximum Gasteiger partial charge on any atom is 0.124 e. The number of rotatable bonds is 2. The standard InChI is InChI=1S/C14H7Cl2FN2/c15-13-6-10(17)3-4-11(13)14(16)12(7-18)9-2-1-5-19-8-9/h1-6,8H/b14-12+. The molecule has 0 radical (unpaired) electrons. The van der Waals surface area contributed by atoms with E-state index < -0.39 is 5.82 Å². The van der Waals surface area contributed by atoms with Gasteiger partial charge < -0.3 is 0 Å². The van der Waals surface area contributed by atoms with Crippen LogP contribution in [-0.2, 0) is 0 Å². The van der Waals surface area contributed by atoms with Gasteiger partial charge in [0.25, 0.3) is 0 Å². The quantitative estimate of drug-likeness (QED) is 0.764. The SMILES string of the molecule is N#C/C(=C(\Cl)c1ccc(F)cc1Cl)c1cccnc1. The summed E-state index contributed by atoms with van der Waals surface area (Å²) in [7, 11) is 0. The fraction of sp³-hybridized carbons (Fsp3) is 0. The van der Waals surface area contributed by atoms with Crippen molar-refractivity contribution >= 4 is 33.8 Å². The first-order valence-electron chi connectivity index (χ1n) is 5.29. The van der Waals surface area contributed by atoms with Gasteiger partial charge in [-0.3, -0.25) is 4.98 Å². The van der Waals surface area contributed by atoms with Gasteiger partial charge in [-0.05, 0) is 24.3 Å². The molecule has 5 heteroatoms. The minimum absolute atomic E-state index is 0.154. The molecule has 1 heterocycles. The molecule has 0 aliphatic heterocycles. The molecule has 2 rings (SSSR count). The molecular formula is C14H7Cl2FN2. The van der Waals surface area contributed by atoms with Crippen molar-refractivity contribution in [1.29, 1.82) is 5.26 Å². The van der Waals surface area contributed by atoms with E-state index in [1.807, 2.05) is 6.07 Å². The summed E-state index contributed by atoms with van der Waals surface area (Å²) in [6, 6.07) is 9.25. The van der Waals surface area contributed by atoms with Gasteiger partial charge in [-0.15, -0.1) is 0 Å². The molecule has 1 aromatic heterocycles. The third kappa shape index (κ3) is 2.93. The smallest absolute Gasteiger partial charge is 0.124 e. The number of allylic oxidation sites excluding steroid dienone is 1. The van der Waals surface area contributed by atoms with Crippen LogP contribution in [-0.4, -0.2) is 4.98 Å². The Labute approximate surface area is 119 Å². The lowest BCUT2D eigenvalue weighted by atomic mass is 10.1. The van der Waals surface area contributed by atoms with Crippen LogP contribution in [0.25, 0.3) is 10.6 Å². The minimum atomic E-state index is -0.460. The van der Waals surface area contributed by atoms with Gasteiger partial charge in [-0.2, -0.15) is 5.26 Å². The Morgan fingerprint density at radius 1 is 1.32 bits per heavy atom. The van der Waals surface area contributed by atoms with Crippen molar-refractivity contribution in [2.24, 2.45) is 0 Å². The van der Waals surface area contributed by atoms with E-state index in [-0.39, 0.29) is 15.6 Å². The van der Waals surface area contributed by atoms with E-state index in [1.165, 1.54) is 18.3 Å². The number of nitriles is 1. The van der Waals surface area contributed by atoms with Crippen molar-refractivity contribution in [1.82, 2.24) is 4.98 Å². The highest BCUT2D eigenvalue weighted by Gasteiger charge is 2.13. The van der Waals surface area contributed by atoms with Crippen LogP contribution < -0.4 is 0 Å². The van der Waals surface area contributed by atoms with Gasteiger partial charge in [0.15, 0.2) is 0 Å². The molecule has 2 nitrogen and oxygen atoms in total. The average Bonchev–Trinajstić information content (AvgIpc) is 2.40. The Bertz CT molecular complexity index is 676. The summed E-state index contributed by atoms with van der Waals surface area (Å²) in [5, 5.41) is 9.54. The van der Waals surface area contributed by atoms with Gasteiger partial charge in [-0.1, -0.05) is 29.3 Å². The van der Waals surface area contributed by atoms with Gasteiger partial charge in [0, 0.05) is 23.5 Å². The molecule has 0 bridgehead atoms. The van der Waals surface area contributed by atoms with Crippen LogP contribution >= 0.6 is 23.2 Å². The van der Waals surface area contributed by atoms with E-state index in [0.717, 1.165) is 6.07 Å². The van der Waals surface area contributed by atoms with E-state index in [4.69, 9.17) is 23.2 Å². The van der Waals surface area contributed by atoms with Crippen molar-refractivity contribution in [2.75, 3.05) is 0 Å². The first-order valence-corrected chi connectivity index (χ1v) is 6.04. The molecule has 0 amide bonds. The maximum atomic E-state index is 13.0. The number of pyridine rings is 1. The number of hydrogen-bond acceptors (Lipinski definition) is 2. The predicted octanol–water partition coefficient (Wildman–Crippen LogP) is 4.50. The molecule has 19 heavy (non-hydrogen) atoms. The summed E-state index contributed by atoms with van der Waals surface area (Å²) in [5.74, 6) is -0.460. The first kappa shape index (κ1) is 13.5. The second kappa shape index (κ2) is 5.83. The zero-order chi connectivity index (χ0) is 13.8. The molecule has 0 saturated carbocycles. The molecule has 1 aromatic carbocycles. The Kier molecular flexibility index (Phi) is 4.16. The lowest BCUT2D eigenvalue weighted by Crippen LogP contribution is -1.89. The summed E-state index contributed by atoms with van der Waals surface area (Å²) < 4.78 is 13.0. The molecule has 0 fully saturated rings. The molecule has 94 valence electrons. The largest absolute Gasteiger partial charge is 0.264 e. The molecular weight excluding hydrogens is 286 g/mol. The van der Waals surface area contributed by atoms with Gasteiger partial charge in [0.2, 0.25) is 0 Å². The highest BCUT2D eigenvalue weighted by Crippen LogP contribution is 2.33. The Hall–Kier alpha value is -1.89. The Morgan fingerprint density at radius 3 is 2.68 bits per heavy atom. The van der Waals surface area contributed by atoms with Crippen LogP contribution in [0, 0.1) is 17.1 Å². The third-order valence-electron chi connectivity index (χ3n) is 2.45. The van der Waals surface area contributed by atoms with Crippen molar-refractivity contribution in [3.63, 3.8) is 0 Å². The van der Waals surface area contributed by atoms with Crippen molar-refractivity contribution < 1.29 is 4.39 Å². The normalized spacial score (nSPS) is 11.7. The van der Waals surface area contributed by atoms with Crippen LogP contribution in [0.4, 0.5) is 4.39 Å². The van der Waals surface area contributed by atoms with Crippen LogP contribution in [0.1, 0.15) is 11.1 Å². The molecule has 0 N–H and O–H groups in total. The van der Waals surface area contributed by atoms with Crippen molar-refractivity contribution in [3.05, 3.63) is 64.7 Å². The van der Waals surface area contributed by atoms with Gasteiger partial charge in [-0.25, -0.2) is 4.39 Å². The monoisotopic (exact) mass is 292 g/mol. The van der Waals surface area contributed by atoms with Gasteiger partial charge in [0.05, 0.1) is 15.6 Å². The first-order chi connectivity index (χ1) is 9.13. The lowest BCUT2D eigenvalue weighted by molar-refractivity contribution is 0.628. The van der Waals surface area contributed by atoms with Crippen LogP contribution in [0.3, 0.4) is 0 Å². The number of halogens is 3. The zero-order valence-electron chi connectivity index (χ0n) is 9.57. The molecule has 2 aromatic rings. The average molecular weight is 293 g/mol. The summed E-state index contributed by atoms with van der Waals surface area (Å²) >= 11 is 12.1. The predicted molar refractivity (Wildman–Crippen MR) is 73.9 cm³/mol. The van der Waals surface area contributed by atoms with E-state index in [1.54, 1.807) is 18.3 Å². The van der Waals surface area contributed by atoms with Crippen LogP contribution in [0.2, 0.25) is 5.02 Å². The van der Waals surface area contributed by atoms with Gasteiger partial charge in [0.1, 0.15) is 11.9 Å². The number of nitrogens with zero attached hydrogens (tertiary/aromatic N) is 2. The molecule has 0 atom stereocenters. The Balaban J connectivity index is 2.59. The maximum absolute atomic E-state index is 13.0. The highest BCUT2D eigenvalue weighted by molar-refractivity contribution is 6.54. The molecule has 0 aliphatic carbocycles. The topological polar surface area (TPSA) is 36.7 Å².